The Balaban J connectivity index is 1.59. The average molecular weight is 222 g/mol. The lowest BCUT2D eigenvalue weighted by Gasteiger charge is -2.38. The normalized spacial score (nSPS) is 43.8. The van der Waals surface area contributed by atoms with Gasteiger partial charge in [-0.2, -0.15) is 0 Å². The predicted octanol–water partition coefficient (Wildman–Crippen LogP) is 1.14. The number of nitrogens with two attached hydrogens (primary N) is 1. The van der Waals surface area contributed by atoms with Gasteiger partial charge in [0.25, 0.3) is 0 Å². The zero-order chi connectivity index (χ0) is 11.0. The number of hydrogen-bond acceptors (Lipinski definition) is 3. The molecule has 0 aromatic rings. The second kappa shape index (κ2) is 4.47. The van der Waals surface area contributed by atoms with Crippen molar-refractivity contribution >= 4 is 0 Å². The van der Waals surface area contributed by atoms with Gasteiger partial charge >= 0.3 is 0 Å². The average Bonchev–Trinajstić information content (AvgIpc) is 2.87. The van der Waals surface area contributed by atoms with Crippen LogP contribution in [-0.2, 0) is 4.74 Å². The summed E-state index contributed by atoms with van der Waals surface area (Å²) in [5.41, 5.74) is 5.91. The van der Waals surface area contributed by atoms with E-state index in [0.29, 0.717) is 24.1 Å². The van der Waals surface area contributed by atoms with E-state index in [9.17, 15) is 0 Å². The minimum atomic E-state index is 0.297. The zero-order valence-corrected chi connectivity index (χ0v) is 9.85. The highest BCUT2D eigenvalue weighted by molar-refractivity contribution is 5.06. The van der Waals surface area contributed by atoms with Crippen LogP contribution < -0.4 is 5.73 Å². The molecule has 2 aliphatic carbocycles. The van der Waals surface area contributed by atoms with Gasteiger partial charge in [0.15, 0.2) is 0 Å². The maximum atomic E-state index is 5.91. The Morgan fingerprint density at radius 3 is 3.06 bits per heavy atom. The molecule has 1 saturated heterocycles. The Hall–Kier alpha value is -0.380. The fraction of sp³-hybridized carbons (Fsp3) is 0.846. The van der Waals surface area contributed by atoms with Crippen molar-refractivity contribution in [3.05, 3.63) is 12.2 Å². The first-order chi connectivity index (χ1) is 7.83. The lowest BCUT2D eigenvalue weighted by atomic mass is 10.0. The minimum Gasteiger partial charge on any atom is -0.375 e. The monoisotopic (exact) mass is 222 g/mol. The van der Waals surface area contributed by atoms with Crippen molar-refractivity contribution in [2.75, 3.05) is 19.7 Å². The van der Waals surface area contributed by atoms with Gasteiger partial charge in [0.2, 0.25) is 0 Å². The summed E-state index contributed by atoms with van der Waals surface area (Å²) in [5.74, 6) is 0.675. The molecule has 0 bridgehead atoms. The number of ether oxygens (including phenoxy) is 1. The third kappa shape index (κ3) is 2.04. The van der Waals surface area contributed by atoms with Crippen molar-refractivity contribution in [2.24, 2.45) is 11.7 Å². The summed E-state index contributed by atoms with van der Waals surface area (Å²) in [6.07, 6.45) is 10.1. The highest BCUT2D eigenvalue weighted by atomic mass is 16.5. The maximum absolute atomic E-state index is 5.91. The summed E-state index contributed by atoms with van der Waals surface area (Å²) in [4.78, 5) is 2.65. The molecule has 2 N–H and O–H groups in total. The van der Waals surface area contributed by atoms with E-state index in [1.807, 2.05) is 0 Å². The minimum absolute atomic E-state index is 0.297. The first kappa shape index (κ1) is 10.8. The van der Waals surface area contributed by atoms with Crippen molar-refractivity contribution in [1.29, 1.82) is 0 Å². The smallest absolute Gasteiger partial charge is 0.0730 e. The number of nitrogens with zero attached hydrogens (tertiary/aromatic N) is 1. The first-order valence-electron chi connectivity index (χ1n) is 6.62. The van der Waals surface area contributed by atoms with Crippen molar-refractivity contribution in [1.82, 2.24) is 4.90 Å². The van der Waals surface area contributed by atoms with Crippen LogP contribution in [0.3, 0.4) is 0 Å². The summed E-state index contributed by atoms with van der Waals surface area (Å²) in [6, 6.07) is 0.990. The molecular formula is C13H22N2O. The van der Waals surface area contributed by atoms with Gasteiger partial charge in [-0.1, -0.05) is 12.2 Å². The van der Waals surface area contributed by atoms with Crippen LogP contribution in [0.2, 0.25) is 0 Å². The third-order valence-corrected chi connectivity index (χ3v) is 4.27. The number of morpholine rings is 1. The molecule has 90 valence electrons. The molecule has 1 saturated carbocycles. The molecule has 3 nitrogen and oxygen atoms in total. The maximum Gasteiger partial charge on any atom is 0.0730 e. The van der Waals surface area contributed by atoms with Crippen LogP contribution in [0.5, 0.6) is 0 Å². The van der Waals surface area contributed by atoms with E-state index in [1.165, 1.54) is 25.8 Å². The highest BCUT2D eigenvalue weighted by Gasteiger charge is 2.36. The molecule has 16 heavy (non-hydrogen) atoms. The summed E-state index contributed by atoms with van der Waals surface area (Å²) < 4.78 is 5.83. The Morgan fingerprint density at radius 1 is 1.31 bits per heavy atom. The molecular weight excluding hydrogens is 200 g/mol. The molecule has 2 fully saturated rings. The Bertz CT molecular complexity index is 279. The van der Waals surface area contributed by atoms with Crippen LogP contribution in [0.25, 0.3) is 0 Å². The highest BCUT2D eigenvalue weighted by Crippen LogP contribution is 2.31. The molecule has 3 aliphatic rings. The van der Waals surface area contributed by atoms with E-state index in [-0.39, 0.29) is 0 Å². The second-order valence-electron chi connectivity index (χ2n) is 5.45. The van der Waals surface area contributed by atoms with Gasteiger partial charge in [-0.05, 0) is 31.6 Å². The van der Waals surface area contributed by atoms with Crippen molar-refractivity contribution in [3.63, 3.8) is 0 Å². The van der Waals surface area contributed by atoms with E-state index < -0.39 is 0 Å². The van der Waals surface area contributed by atoms with Gasteiger partial charge in [0.05, 0.1) is 12.7 Å². The van der Waals surface area contributed by atoms with Crippen LogP contribution in [0, 0.1) is 5.92 Å². The van der Waals surface area contributed by atoms with Gasteiger partial charge in [-0.15, -0.1) is 0 Å². The van der Waals surface area contributed by atoms with Crippen LogP contribution in [0.1, 0.15) is 25.7 Å². The SMILES string of the molecule is NC1C=CC(CN2CCOC3CCCC32)C1. The van der Waals surface area contributed by atoms with E-state index in [4.69, 9.17) is 10.5 Å². The third-order valence-electron chi connectivity index (χ3n) is 4.27. The van der Waals surface area contributed by atoms with Gasteiger partial charge < -0.3 is 10.5 Å². The fourth-order valence-corrected chi connectivity index (χ4v) is 3.48. The zero-order valence-electron chi connectivity index (χ0n) is 9.85. The van der Waals surface area contributed by atoms with Gasteiger partial charge in [0.1, 0.15) is 0 Å². The molecule has 4 unspecified atom stereocenters. The molecule has 0 aromatic carbocycles. The van der Waals surface area contributed by atoms with E-state index >= 15 is 0 Å². The molecule has 4 atom stereocenters. The Kier molecular flexibility index (Phi) is 3.01. The van der Waals surface area contributed by atoms with Crippen LogP contribution in [0.15, 0.2) is 12.2 Å². The lowest BCUT2D eigenvalue weighted by Crippen LogP contribution is -2.49. The summed E-state index contributed by atoms with van der Waals surface area (Å²) in [6.45, 7) is 3.22. The summed E-state index contributed by atoms with van der Waals surface area (Å²) >= 11 is 0. The molecule has 1 heterocycles. The van der Waals surface area contributed by atoms with E-state index in [1.54, 1.807) is 0 Å². The molecule has 3 rings (SSSR count). The molecule has 0 radical (unpaired) electrons. The molecule has 0 spiro atoms. The van der Waals surface area contributed by atoms with Crippen LogP contribution in [-0.4, -0.2) is 42.8 Å². The van der Waals surface area contributed by atoms with Crippen LogP contribution >= 0.6 is 0 Å². The predicted molar refractivity (Wildman–Crippen MR) is 64.2 cm³/mol. The van der Waals surface area contributed by atoms with Crippen molar-refractivity contribution in [2.45, 2.75) is 43.9 Å². The van der Waals surface area contributed by atoms with Crippen molar-refractivity contribution in [3.8, 4) is 0 Å². The van der Waals surface area contributed by atoms with Gasteiger partial charge in [0, 0.05) is 25.2 Å². The number of hydrogen-bond donors (Lipinski definition) is 1. The van der Waals surface area contributed by atoms with Gasteiger partial charge in [-0.3, -0.25) is 4.90 Å². The fourth-order valence-electron chi connectivity index (χ4n) is 3.48. The summed E-state index contributed by atoms with van der Waals surface area (Å²) in [5, 5.41) is 0. The Labute approximate surface area is 97.6 Å². The first-order valence-corrected chi connectivity index (χ1v) is 6.62. The molecule has 0 amide bonds. The van der Waals surface area contributed by atoms with Gasteiger partial charge in [-0.25, -0.2) is 0 Å². The second-order valence-corrected chi connectivity index (χ2v) is 5.45. The van der Waals surface area contributed by atoms with Crippen molar-refractivity contribution < 1.29 is 4.74 Å². The van der Waals surface area contributed by atoms with E-state index in [0.717, 1.165) is 19.6 Å². The topological polar surface area (TPSA) is 38.5 Å². The van der Waals surface area contributed by atoms with E-state index in [2.05, 4.69) is 17.1 Å². The number of fused-ring (bicyclic) bond motifs is 1. The molecule has 1 aliphatic heterocycles. The largest absolute Gasteiger partial charge is 0.375 e. The lowest BCUT2D eigenvalue weighted by molar-refractivity contribution is -0.0585. The molecule has 0 aromatic heterocycles. The summed E-state index contributed by atoms with van der Waals surface area (Å²) in [7, 11) is 0. The number of rotatable bonds is 2. The quantitative estimate of drug-likeness (QED) is 0.712. The molecule has 3 heteroatoms. The standard InChI is InChI=1S/C13H22N2O/c14-11-5-4-10(8-11)9-15-6-7-16-13-3-1-2-12(13)15/h4-5,10-13H,1-3,6-9,14H2. The Morgan fingerprint density at radius 2 is 2.25 bits per heavy atom. The van der Waals surface area contributed by atoms with Crippen LogP contribution in [0.4, 0.5) is 0 Å².